The molecule has 1 heterocycles. The zero-order valence-corrected chi connectivity index (χ0v) is 11.6. The van der Waals surface area contributed by atoms with Gasteiger partial charge in [-0.05, 0) is 31.2 Å². The fourth-order valence-corrected chi connectivity index (χ4v) is 1.95. The van der Waals surface area contributed by atoms with Gasteiger partial charge in [0.25, 0.3) is 0 Å². The highest BCUT2D eigenvalue weighted by Gasteiger charge is 2.22. The second kappa shape index (κ2) is 4.48. The lowest BCUT2D eigenvalue weighted by Crippen LogP contribution is -2.13. The van der Waals surface area contributed by atoms with Crippen molar-refractivity contribution < 1.29 is 9.15 Å². The van der Waals surface area contributed by atoms with Crippen molar-refractivity contribution in [3.05, 3.63) is 35.7 Å². The van der Waals surface area contributed by atoms with Gasteiger partial charge in [0.15, 0.2) is 0 Å². The van der Waals surface area contributed by atoms with Crippen LogP contribution in [0.4, 0.5) is 0 Å². The highest BCUT2D eigenvalue weighted by Crippen LogP contribution is 2.30. The van der Waals surface area contributed by atoms with Crippen LogP contribution in [-0.4, -0.2) is 12.1 Å². The van der Waals surface area contributed by atoms with E-state index < -0.39 is 0 Å². The van der Waals surface area contributed by atoms with E-state index in [9.17, 15) is 0 Å². The van der Waals surface area contributed by atoms with Crippen molar-refractivity contribution in [2.75, 3.05) is 7.11 Å². The Labute approximate surface area is 108 Å². The molecule has 0 saturated carbocycles. The van der Waals surface area contributed by atoms with Crippen molar-refractivity contribution in [3.8, 4) is 17.2 Å². The van der Waals surface area contributed by atoms with Crippen molar-refractivity contribution in [2.24, 2.45) is 0 Å². The van der Waals surface area contributed by atoms with Crippen LogP contribution >= 0.6 is 0 Å². The van der Waals surface area contributed by atoms with Crippen LogP contribution in [0, 0.1) is 6.92 Å². The molecule has 0 unspecified atom stereocenters. The summed E-state index contributed by atoms with van der Waals surface area (Å²) in [6.45, 7) is 8.36. The van der Waals surface area contributed by atoms with Gasteiger partial charge in [0.05, 0.1) is 12.8 Å². The molecule has 2 aromatic rings. The quantitative estimate of drug-likeness (QED) is 0.803. The number of methoxy groups -OCH3 is 1. The molecule has 0 aliphatic rings. The molecule has 0 radical (unpaired) electrons. The van der Waals surface area contributed by atoms with Gasteiger partial charge in [-0.2, -0.15) is 0 Å². The third-order valence-corrected chi connectivity index (χ3v) is 2.84. The highest BCUT2D eigenvalue weighted by molar-refractivity contribution is 5.55. The van der Waals surface area contributed by atoms with Crippen molar-refractivity contribution in [1.29, 1.82) is 0 Å². The number of rotatable bonds is 2. The Morgan fingerprint density at radius 2 is 1.72 bits per heavy atom. The molecule has 0 amide bonds. The first-order valence-electron chi connectivity index (χ1n) is 6.04. The van der Waals surface area contributed by atoms with E-state index in [-0.39, 0.29) is 5.41 Å². The first kappa shape index (κ1) is 12.7. The predicted molar refractivity (Wildman–Crippen MR) is 71.9 cm³/mol. The molecular formula is C15H19NO2. The first-order valence-corrected chi connectivity index (χ1v) is 6.04. The third kappa shape index (κ3) is 2.40. The second-order valence-corrected chi connectivity index (χ2v) is 5.40. The molecule has 0 aliphatic heterocycles. The SMILES string of the molecule is COc1ccc(-c2nc(C(C)(C)C)c(C)o2)cc1. The van der Waals surface area contributed by atoms with Crippen LogP contribution < -0.4 is 4.74 Å². The van der Waals surface area contributed by atoms with Gasteiger partial charge in [-0.1, -0.05) is 20.8 Å². The van der Waals surface area contributed by atoms with Gasteiger partial charge in [0.1, 0.15) is 11.5 Å². The summed E-state index contributed by atoms with van der Waals surface area (Å²) in [5, 5.41) is 0. The van der Waals surface area contributed by atoms with E-state index in [0.29, 0.717) is 5.89 Å². The monoisotopic (exact) mass is 245 g/mol. The van der Waals surface area contributed by atoms with Crippen LogP contribution in [0.5, 0.6) is 5.75 Å². The number of oxazole rings is 1. The Kier molecular flexibility index (Phi) is 3.16. The summed E-state index contributed by atoms with van der Waals surface area (Å²) in [5.41, 5.74) is 1.97. The molecule has 0 aliphatic carbocycles. The van der Waals surface area contributed by atoms with Gasteiger partial charge in [-0.25, -0.2) is 4.98 Å². The fraction of sp³-hybridized carbons (Fsp3) is 0.400. The average molecular weight is 245 g/mol. The summed E-state index contributed by atoms with van der Waals surface area (Å²) in [5.74, 6) is 2.38. The van der Waals surface area contributed by atoms with Crippen LogP contribution in [0.25, 0.3) is 11.5 Å². The molecule has 2 rings (SSSR count). The molecule has 0 atom stereocenters. The van der Waals surface area contributed by atoms with Crippen LogP contribution in [0.2, 0.25) is 0 Å². The van der Waals surface area contributed by atoms with E-state index in [1.165, 1.54) is 0 Å². The number of nitrogens with zero attached hydrogens (tertiary/aromatic N) is 1. The predicted octanol–water partition coefficient (Wildman–Crippen LogP) is 3.96. The van der Waals surface area contributed by atoms with E-state index in [1.807, 2.05) is 31.2 Å². The largest absolute Gasteiger partial charge is 0.497 e. The zero-order valence-electron chi connectivity index (χ0n) is 11.6. The Balaban J connectivity index is 2.39. The maximum atomic E-state index is 5.75. The van der Waals surface area contributed by atoms with Crippen LogP contribution in [0.1, 0.15) is 32.2 Å². The van der Waals surface area contributed by atoms with Gasteiger partial charge in [0.2, 0.25) is 5.89 Å². The molecule has 96 valence electrons. The summed E-state index contributed by atoms with van der Waals surface area (Å²) < 4.78 is 10.9. The maximum absolute atomic E-state index is 5.75. The normalized spacial score (nSPS) is 11.6. The minimum atomic E-state index is -0.00168. The van der Waals surface area contributed by atoms with E-state index in [1.54, 1.807) is 7.11 Å². The second-order valence-electron chi connectivity index (χ2n) is 5.40. The molecule has 0 bridgehead atoms. The number of aryl methyl sites for hydroxylation is 1. The van der Waals surface area contributed by atoms with Crippen LogP contribution in [-0.2, 0) is 5.41 Å². The molecule has 0 N–H and O–H groups in total. The number of benzene rings is 1. The third-order valence-electron chi connectivity index (χ3n) is 2.84. The van der Waals surface area contributed by atoms with Gasteiger partial charge < -0.3 is 9.15 Å². The zero-order chi connectivity index (χ0) is 13.3. The van der Waals surface area contributed by atoms with E-state index in [0.717, 1.165) is 22.8 Å². The van der Waals surface area contributed by atoms with Gasteiger partial charge in [-0.3, -0.25) is 0 Å². The Hall–Kier alpha value is -1.77. The molecule has 0 saturated heterocycles. The lowest BCUT2D eigenvalue weighted by Gasteiger charge is -2.14. The Bertz CT molecular complexity index is 533. The average Bonchev–Trinajstić information content (AvgIpc) is 2.71. The van der Waals surface area contributed by atoms with Crippen LogP contribution in [0.3, 0.4) is 0 Å². The summed E-state index contributed by atoms with van der Waals surface area (Å²) in [6.07, 6.45) is 0. The van der Waals surface area contributed by atoms with Crippen LogP contribution in [0.15, 0.2) is 28.7 Å². The summed E-state index contributed by atoms with van der Waals surface area (Å²) in [7, 11) is 1.65. The Morgan fingerprint density at radius 1 is 1.11 bits per heavy atom. The van der Waals surface area contributed by atoms with Gasteiger partial charge in [-0.15, -0.1) is 0 Å². The highest BCUT2D eigenvalue weighted by atomic mass is 16.5. The molecule has 3 heteroatoms. The maximum Gasteiger partial charge on any atom is 0.226 e. The molecule has 3 nitrogen and oxygen atoms in total. The summed E-state index contributed by atoms with van der Waals surface area (Å²) in [6, 6.07) is 7.73. The number of ether oxygens (including phenoxy) is 1. The summed E-state index contributed by atoms with van der Waals surface area (Å²) >= 11 is 0. The molecule has 0 fully saturated rings. The Morgan fingerprint density at radius 3 is 2.17 bits per heavy atom. The number of aromatic nitrogens is 1. The van der Waals surface area contributed by atoms with Crippen molar-refractivity contribution in [1.82, 2.24) is 4.98 Å². The number of hydrogen-bond acceptors (Lipinski definition) is 3. The number of hydrogen-bond donors (Lipinski definition) is 0. The molecule has 18 heavy (non-hydrogen) atoms. The molecule has 1 aromatic carbocycles. The van der Waals surface area contributed by atoms with Crippen molar-refractivity contribution in [2.45, 2.75) is 33.1 Å². The van der Waals surface area contributed by atoms with E-state index in [2.05, 4.69) is 25.8 Å². The molecule has 1 aromatic heterocycles. The fourth-order valence-electron chi connectivity index (χ4n) is 1.95. The lowest BCUT2D eigenvalue weighted by atomic mass is 9.91. The van der Waals surface area contributed by atoms with E-state index in [4.69, 9.17) is 9.15 Å². The minimum Gasteiger partial charge on any atom is -0.497 e. The summed E-state index contributed by atoms with van der Waals surface area (Å²) in [4.78, 5) is 4.60. The van der Waals surface area contributed by atoms with Crippen molar-refractivity contribution >= 4 is 0 Å². The topological polar surface area (TPSA) is 35.3 Å². The standard InChI is InChI=1S/C15H19NO2/c1-10-13(15(2,3)4)16-14(18-10)11-6-8-12(17-5)9-7-11/h6-9H,1-5H3. The lowest BCUT2D eigenvalue weighted by molar-refractivity contribution is 0.415. The molecular weight excluding hydrogens is 226 g/mol. The smallest absolute Gasteiger partial charge is 0.226 e. The van der Waals surface area contributed by atoms with E-state index >= 15 is 0 Å². The first-order chi connectivity index (χ1) is 8.41. The molecule has 0 spiro atoms. The van der Waals surface area contributed by atoms with Crippen molar-refractivity contribution in [3.63, 3.8) is 0 Å². The minimum absolute atomic E-state index is 0.00168. The van der Waals surface area contributed by atoms with Gasteiger partial charge >= 0.3 is 0 Å². The van der Waals surface area contributed by atoms with Gasteiger partial charge in [0, 0.05) is 11.0 Å².